The Kier molecular flexibility index (Phi) is 2.25. The molecule has 74 valence electrons. The van der Waals surface area contributed by atoms with Crippen molar-refractivity contribution in [3.05, 3.63) is 23.8 Å². The normalized spacial score (nSPS) is 14.7. The minimum atomic E-state index is 0.182. The van der Waals surface area contributed by atoms with Gasteiger partial charge in [0, 0.05) is 24.2 Å². The predicted octanol–water partition coefficient (Wildman–Crippen LogP) is 0.922. The van der Waals surface area contributed by atoms with Crippen LogP contribution in [-0.4, -0.2) is 28.5 Å². The molecule has 0 bridgehead atoms. The van der Waals surface area contributed by atoms with Gasteiger partial charge in [0.15, 0.2) is 12.3 Å². The summed E-state index contributed by atoms with van der Waals surface area (Å²) in [6.45, 7) is 2.94. The highest BCUT2D eigenvalue weighted by Gasteiger charge is 2.25. The molecule has 2 rings (SSSR count). The summed E-state index contributed by atoms with van der Waals surface area (Å²) in [6, 6.07) is 5.94. The zero-order chi connectivity index (χ0) is 10.1. The summed E-state index contributed by atoms with van der Waals surface area (Å²) in [7, 11) is 0. The molecule has 3 nitrogen and oxygen atoms in total. The van der Waals surface area contributed by atoms with Crippen molar-refractivity contribution >= 4 is 17.1 Å². The number of anilines is 1. The maximum absolute atomic E-state index is 8.94. The number of fused-ring (bicyclic) bond motifs is 1. The van der Waals surface area contributed by atoms with Crippen LogP contribution in [0.15, 0.2) is 18.2 Å². The van der Waals surface area contributed by atoms with Crippen LogP contribution in [0.5, 0.6) is 0 Å². The number of hydrogen-bond donors (Lipinski definition) is 2. The number of hydrogen-bond acceptors (Lipinski definition) is 2. The summed E-state index contributed by atoms with van der Waals surface area (Å²) in [5.74, 6) is 0. The molecule has 1 heterocycles. The number of nitrogens with two attached hydrogens (primary N) is 1. The lowest BCUT2D eigenvalue weighted by Gasteiger charge is -1.99. The van der Waals surface area contributed by atoms with Gasteiger partial charge in [-0.2, -0.15) is 4.58 Å². The maximum atomic E-state index is 8.94. The SMILES string of the molecule is CC1=[N+](CCO)c2ccc(N)cc2C1. The van der Waals surface area contributed by atoms with Gasteiger partial charge >= 0.3 is 0 Å². The molecule has 14 heavy (non-hydrogen) atoms. The van der Waals surface area contributed by atoms with Crippen LogP contribution < -0.4 is 5.73 Å². The summed E-state index contributed by atoms with van der Waals surface area (Å²) >= 11 is 0. The molecule has 0 unspecified atom stereocenters. The first kappa shape index (κ1) is 9.21. The van der Waals surface area contributed by atoms with Crippen molar-refractivity contribution in [2.75, 3.05) is 18.9 Å². The number of nitrogen functional groups attached to an aromatic ring is 1. The molecule has 0 radical (unpaired) electrons. The van der Waals surface area contributed by atoms with Crippen molar-refractivity contribution < 1.29 is 9.68 Å². The molecular formula is C11H15N2O+. The van der Waals surface area contributed by atoms with Gasteiger partial charge in [0.25, 0.3) is 0 Å². The first-order chi connectivity index (χ1) is 6.72. The topological polar surface area (TPSA) is 49.3 Å². The van der Waals surface area contributed by atoms with Crippen molar-refractivity contribution in [2.45, 2.75) is 13.3 Å². The molecular weight excluding hydrogens is 176 g/mol. The van der Waals surface area contributed by atoms with Gasteiger partial charge in [-0.3, -0.25) is 0 Å². The molecule has 0 saturated heterocycles. The van der Waals surface area contributed by atoms with Crippen LogP contribution in [0.2, 0.25) is 0 Å². The smallest absolute Gasteiger partial charge is 0.209 e. The lowest BCUT2D eigenvalue weighted by Crippen LogP contribution is -2.14. The van der Waals surface area contributed by atoms with Gasteiger partial charge in [0.2, 0.25) is 5.69 Å². The molecule has 0 aromatic heterocycles. The molecule has 3 heteroatoms. The monoisotopic (exact) mass is 191 g/mol. The molecule has 0 atom stereocenters. The Bertz CT molecular complexity index is 396. The zero-order valence-electron chi connectivity index (χ0n) is 8.33. The summed E-state index contributed by atoms with van der Waals surface area (Å²) in [6.07, 6.45) is 0.945. The molecule has 0 saturated carbocycles. The summed E-state index contributed by atoms with van der Waals surface area (Å²) < 4.78 is 2.15. The van der Waals surface area contributed by atoms with E-state index in [9.17, 15) is 0 Å². The van der Waals surface area contributed by atoms with E-state index in [-0.39, 0.29) is 6.61 Å². The van der Waals surface area contributed by atoms with Gasteiger partial charge in [0.1, 0.15) is 6.61 Å². The van der Waals surface area contributed by atoms with Gasteiger partial charge < -0.3 is 10.8 Å². The van der Waals surface area contributed by atoms with Crippen molar-refractivity contribution in [3.63, 3.8) is 0 Å². The highest BCUT2D eigenvalue weighted by atomic mass is 16.3. The number of rotatable bonds is 2. The van der Waals surface area contributed by atoms with Crippen LogP contribution in [0.25, 0.3) is 0 Å². The molecule has 0 amide bonds. The van der Waals surface area contributed by atoms with E-state index in [4.69, 9.17) is 10.8 Å². The fraction of sp³-hybridized carbons (Fsp3) is 0.364. The number of aliphatic hydroxyl groups is 1. The number of aliphatic hydroxyl groups excluding tert-OH is 1. The first-order valence-corrected chi connectivity index (χ1v) is 4.81. The minimum Gasteiger partial charge on any atom is -0.399 e. The Morgan fingerprint density at radius 1 is 1.50 bits per heavy atom. The molecule has 3 N–H and O–H groups in total. The standard InChI is InChI=1S/C11H15N2O/c1-8-6-9-7-10(12)2-3-11(9)13(8)4-5-14/h2-3,7,14H,4-6,12H2,1H3/q+1. The molecule has 0 fully saturated rings. The Balaban J connectivity index is 2.42. The van der Waals surface area contributed by atoms with Gasteiger partial charge in [0.05, 0.1) is 6.42 Å². The van der Waals surface area contributed by atoms with E-state index >= 15 is 0 Å². The predicted molar refractivity (Wildman–Crippen MR) is 57.1 cm³/mol. The number of nitrogens with zero attached hydrogens (tertiary/aromatic N) is 1. The number of β-amino-alcohol motifs (C(OH)–C–C–N with tert-alkyl or cyclic N) is 1. The molecule has 1 aromatic carbocycles. The van der Waals surface area contributed by atoms with E-state index in [1.54, 1.807) is 0 Å². The lowest BCUT2D eigenvalue weighted by molar-refractivity contribution is -0.441. The Morgan fingerprint density at radius 2 is 2.29 bits per heavy atom. The van der Waals surface area contributed by atoms with E-state index in [0.29, 0.717) is 6.54 Å². The van der Waals surface area contributed by atoms with Gasteiger partial charge in [-0.1, -0.05) is 0 Å². The van der Waals surface area contributed by atoms with E-state index in [0.717, 1.165) is 12.1 Å². The van der Waals surface area contributed by atoms with Crippen molar-refractivity contribution in [2.24, 2.45) is 0 Å². The third kappa shape index (κ3) is 1.40. The van der Waals surface area contributed by atoms with E-state index in [1.807, 2.05) is 18.2 Å². The third-order valence-corrected chi connectivity index (χ3v) is 2.63. The Hall–Kier alpha value is -1.35. The average molecular weight is 191 g/mol. The molecule has 0 aliphatic carbocycles. The fourth-order valence-corrected chi connectivity index (χ4v) is 2.00. The van der Waals surface area contributed by atoms with Gasteiger partial charge in [-0.05, 0) is 12.1 Å². The summed E-state index contributed by atoms with van der Waals surface area (Å²) in [5, 5.41) is 8.94. The maximum Gasteiger partial charge on any atom is 0.209 e. The quantitative estimate of drug-likeness (QED) is 0.539. The second kappa shape index (κ2) is 3.42. The molecule has 1 aliphatic heterocycles. The van der Waals surface area contributed by atoms with Crippen LogP contribution in [0.1, 0.15) is 12.5 Å². The molecule has 1 aliphatic rings. The molecule has 0 spiro atoms. The average Bonchev–Trinajstić information content (AvgIpc) is 2.43. The largest absolute Gasteiger partial charge is 0.399 e. The summed E-state index contributed by atoms with van der Waals surface area (Å²) in [5.41, 5.74) is 10.2. The van der Waals surface area contributed by atoms with Crippen LogP contribution in [0, 0.1) is 0 Å². The third-order valence-electron chi connectivity index (χ3n) is 2.63. The fourth-order valence-electron chi connectivity index (χ4n) is 2.00. The van der Waals surface area contributed by atoms with Crippen molar-refractivity contribution in [3.8, 4) is 0 Å². The van der Waals surface area contributed by atoms with Crippen LogP contribution >= 0.6 is 0 Å². The zero-order valence-corrected chi connectivity index (χ0v) is 8.33. The highest BCUT2D eigenvalue weighted by Crippen LogP contribution is 2.27. The minimum absolute atomic E-state index is 0.182. The Labute approximate surface area is 83.5 Å². The van der Waals surface area contributed by atoms with E-state index in [1.165, 1.54) is 17.0 Å². The van der Waals surface area contributed by atoms with Gasteiger partial charge in [-0.15, -0.1) is 0 Å². The van der Waals surface area contributed by atoms with Crippen molar-refractivity contribution in [1.29, 1.82) is 0 Å². The summed E-state index contributed by atoms with van der Waals surface area (Å²) in [4.78, 5) is 0. The molecule has 1 aromatic rings. The lowest BCUT2D eigenvalue weighted by atomic mass is 10.1. The number of benzene rings is 1. The van der Waals surface area contributed by atoms with Crippen LogP contribution in [0.4, 0.5) is 11.4 Å². The van der Waals surface area contributed by atoms with E-state index in [2.05, 4.69) is 11.5 Å². The van der Waals surface area contributed by atoms with E-state index < -0.39 is 0 Å². The second-order valence-corrected chi connectivity index (χ2v) is 3.68. The Morgan fingerprint density at radius 3 is 3.00 bits per heavy atom. The highest BCUT2D eigenvalue weighted by molar-refractivity contribution is 5.85. The van der Waals surface area contributed by atoms with Gasteiger partial charge in [-0.25, -0.2) is 0 Å². The second-order valence-electron chi connectivity index (χ2n) is 3.68. The van der Waals surface area contributed by atoms with Crippen molar-refractivity contribution in [1.82, 2.24) is 0 Å². The van der Waals surface area contributed by atoms with Crippen LogP contribution in [0.3, 0.4) is 0 Å². The first-order valence-electron chi connectivity index (χ1n) is 4.81. The van der Waals surface area contributed by atoms with Crippen LogP contribution in [-0.2, 0) is 6.42 Å².